The van der Waals surface area contributed by atoms with E-state index in [1.807, 2.05) is 18.2 Å². The highest BCUT2D eigenvalue weighted by molar-refractivity contribution is 6.30. The first-order valence-corrected chi connectivity index (χ1v) is 8.03. The van der Waals surface area contributed by atoms with Gasteiger partial charge in [0.15, 0.2) is 0 Å². The largest absolute Gasteiger partial charge is 0.480 e. The van der Waals surface area contributed by atoms with Crippen LogP contribution in [0.15, 0.2) is 24.3 Å². The molecule has 2 unspecified atom stereocenters. The molecule has 2 atom stereocenters. The first kappa shape index (κ1) is 17.6. The molecule has 1 amide bonds. The van der Waals surface area contributed by atoms with E-state index in [4.69, 9.17) is 16.3 Å². The number of nitrogens with zero attached hydrogens (tertiary/aromatic N) is 1. The van der Waals surface area contributed by atoms with E-state index in [2.05, 4.69) is 0 Å². The number of amides is 1. The summed E-state index contributed by atoms with van der Waals surface area (Å²) in [6.45, 7) is 5.64. The van der Waals surface area contributed by atoms with Gasteiger partial charge in [0.25, 0.3) is 0 Å². The minimum absolute atomic E-state index is 0.0634. The maximum atomic E-state index is 12.2. The van der Waals surface area contributed by atoms with Crippen molar-refractivity contribution in [2.75, 3.05) is 6.54 Å². The third kappa shape index (κ3) is 4.61. The molecule has 126 valence electrons. The summed E-state index contributed by atoms with van der Waals surface area (Å²) >= 11 is 6.01. The summed E-state index contributed by atoms with van der Waals surface area (Å²) in [6.07, 6.45) is 0.465. The number of hydrogen-bond acceptors (Lipinski definition) is 3. The maximum absolute atomic E-state index is 12.2. The fourth-order valence-electron chi connectivity index (χ4n) is 2.80. The zero-order valence-electron chi connectivity index (χ0n) is 13.6. The lowest BCUT2D eigenvalue weighted by Crippen LogP contribution is -2.51. The van der Waals surface area contributed by atoms with Crippen LogP contribution in [0.25, 0.3) is 0 Å². The summed E-state index contributed by atoms with van der Waals surface area (Å²) in [5.41, 5.74) is 0.358. The van der Waals surface area contributed by atoms with Gasteiger partial charge in [-0.1, -0.05) is 23.7 Å². The molecular formula is C17H22ClNO4. The van der Waals surface area contributed by atoms with Crippen LogP contribution in [0.1, 0.15) is 45.1 Å². The van der Waals surface area contributed by atoms with Crippen molar-refractivity contribution in [1.82, 2.24) is 4.90 Å². The molecule has 1 aliphatic rings. The number of ether oxygens (including phenoxy) is 1. The fourth-order valence-corrected chi connectivity index (χ4v) is 3.00. The van der Waals surface area contributed by atoms with E-state index < -0.39 is 23.7 Å². The summed E-state index contributed by atoms with van der Waals surface area (Å²) in [7, 11) is 0. The molecule has 1 aliphatic heterocycles. The number of hydrogen-bond donors (Lipinski definition) is 1. The molecule has 6 heteroatoms. The second-order valence-corrected chi connectivity index (χ2v) is 7.24. The standard InChI is InChI=1S/C17H22ClNO4/c1-17(2,3)23-16(22)19-8-7-12(10-14(19)15(20)21)11-5-4-6-13(18)9-11/h4-6,9,12,14H,7-8,10H2,1-3H3,(H,20,21). The Morgan fingerprint density at radius 2 is 2.04 bits per heavy atom. The lowest BCUT2D eigenvalue weighted by atomic mass is 9.85. The molecule has 1 aromatic carbocycles. The molecule has 1 heterocycles. The van der Waals surface area contributed by atoms with E-state index in [0.29, 0.717) is 24.4 Å². The molecule has 0 bridgehead atoms. The lowest BCUT2D eigenvalue weighted by Gasteiger charge is -2.38. The van der Waals surface area contributed by atoms with Gasteiger partial charge in [0.05, 0.1) is 0 Å². The summed E-state index contributed by atoms with van der Waals surface area (Å²) in [4.78, 5) is 25.2. The number of carboxylic acids is 1. The number of carbonyl (C=O) groups is 2. The van der Waals surface area contributed by atoms with Gasteiger partial charge in [0, 0.05) is 11.6 Å². The molecule has 1 N–H and O–H groups in total. The molecule has 23 heavy (non-hydrogen) atoms. The number of carbonyl (C=O) groups excluding carboxylic acids is 1. The predicted octanol–water partition coefficient (Wildman–Crippen LogP) is 3.91. The minimum Gasteiger partial charge on any atom is -0.480 e. The molecule has 0 saturated carbocycles. The van der Waals surface area contributed by atoms with Crippen molar-refractivity contribution in [3.8, 4) is 0 Å². The van der Waals surface area contributed by atoms with Gasteiger partial charge in [-0.15, -0.1) is 0 Å². The van der Waals surface area contributed by atoms with Gasteiger partial charge >= 0.3 is 12.1 Å². The van der Waals surface area contributed by atoms with E-state index in [1.165, 1.54) is 4.90 Å². The van der Waals surface area contributed by atoms with Gasteiger partial charge in [-0.3, -0.25) is 4.90 Å². The Bertz CT molecular complexity index is 597. The molecule has 0 aliphatic carbocycles. The highest BCUT2D eigenvalue weighted by Gasteiger charge is 2.38. The highest BCUT2D eigenvalue weighted by Crippen LogP contribution is 2.33. The fraction of sp³-hybridized carbons (Fsp3) is 0.529. The van der Waals surface area contributed by atoms with Crippen LogP contribution in [0.2, 0.25) is 5.02 Å². The Hall–Kier alpha value is -1.75. The van der Waals surface area contributed by atoms with Crippen LogP contribution in [0.5, 0.6) is 0 Å². The number of benzene rings is 1. The van der Waals surface area contributed by atoms with E-state index in [1.54, 1.807) is 26.8 Å². The predicted molar refractivity (Wildman–Crippen MR) is 87.8 cm³/mol. The summed E-state index contributed by atoms with van der Waals surface area (Å²) in [6, 6.07) is 6.55. The summed E-state index contributed by atoms with van der Waals surface area (Å²) < 4.78 is 5.32. The molecular weight excluding hydrogens is 318 g/mol. The molecule has 0 spiro atoms. The van der Waals surface area contributed by atoms with Gasteiger partial charge in [0.2, 0.25) is 0 Å². The van der Waals surface area contributed by atoms with E-state index >= 15 is 0 Å². The van der Waals surface area contributed by atoms with Crippen molar-refractivity contribution in [3.63, 3.8) is 0 Å². The molecule has 1 saturated heterocycles. The Balaban J connectivity index is 2.15. The van der Waals surface area contributed by atoms with Gasteiger partial charge in [-0.05, 0) is 57.2 Å². The van der Waals surface area contributed by atoms with Crippen LogP contribution >= 0.6 is 11.6 Å². The van der Waals surface area contributed by atoms with Crippen LogP contribution in [0.4, 0.5) is 4.79 Å². The third-order valence-electron chi connectivity index (χ3n) is 3.84. The van der Waals surface area contributed by atoms with Crippen molar-refractivity contribution in [2.45, 2.75) is 51.2 Å². The Morgan fingerprint density at radius 3 is 2.61 bits per heavy atom. The van der Waals surface area contributed by atoms with Gasteiger partial charge < -0.3 is 9.84 Å². The van der Waals surface area contributed by atoms with Crippen LogP contribution in [-0.4, -0.2) is 40.3 Å². The zero-order chi connectivity index (χ0) is 17.2. The van der Waals surface area contributed by atoms with Crippen LogP contribution < -0.4 is 0 Å². The Morgan fingerprint density at radius 1 is 1.35 bits per heavy atom. The first-order chi connectivity index (χ1) is 10.7. The number of piperidine rings is 1. The van der Waals surface area contributed by atoms with Crippen LogP contribution in [0, 0.1) is 0 Å². The third-order valence-corrected chi connectivity index (χ3v) is 4.07. The van der Waals surface area contributed by atoms with E-state index in [-0.39, 0.29) is 5.92 Å². The van der Waals surface area contributed by atoms with Crippen molar-refractivity contribution in [1.29, 1.82) is 0 Å². The highest BCUT2D eigenvalue weighted by atomic mass is 35.5. The van der Waals surface area contributed by atoms with Crippen LogP contribution in [-0.2, 0) is 9.53 Å². The number of aliphatic carboxylic acids is 1. The van der Waals surface area contributed by atoms with Crippen LogP contribution in [0.3, 0.4) is 0 Å². The second kappa shape index (κ2) is 6.79. The van der Waals surface area contributed by atoms with Gasteiger partial charge in [0.1, 0.15) is 11.6 Å². The molecule has 1 aromatic rings. The normalized spacial score (nSPS) is 21.8. The summed E-state index contributed by atoms with van der Waals surface area (Å²) in [5.74, 6) is -0.948. The Labute approximate surface area is 141 Å². The second-order valence-electron chi connectivity index (χ2n) is 6.80. The van der Waals surface area contributed by atoms with E-state index in [0.717, 1.165) is 5.56 Å². The van der Waals surface area contributed by atoms with Crippen molar-refractivity contribution in [3.05, 3.63) is 34.9 Å². The maximum Gasteiger partial charge on any atom is 0.411 e. The molecule has 0 radical (unpaired) electrons. The Kier molecular flexibility index (Phi) is 5.19. The quantitative estimate of drug-likeness (QED) is 0.887. The lowest BCUT2D eigenvalue weighted by molar-refractivity contribution is -0.144. The molecule has 1 fully saturated rings. The number of likely N-dealkylation sites (tertiary alicyclic amines) is 1. The molecule has 2 rings (SSSR count). The van der Waals surface area contributed by atoms with Crippen molar-refractivity contribution >= 4 is 23.7 Å². The van der Waals surface area contributed by atoms with Crippen molar-refractivity contribution in [2.24, 2.45) is 0 Å². The zero-order valence-corrected chi connectivity index (χ0v) is 14.3. The van der Waals surface area contributed by atoms with Gasteiger partial charge in [-0.2, -0.15) is 0 Å². The number of halogens is 1. The molecule has 0 aromatic heterocycles. The number of rotatable bonds is 2. The average Bonchev–Trinajstić information content (AvgIpc) is 2.44. The van der Waals surface area contributed by atoms with Gasteiger partial charge in [-0.25, -0.2) is 9.59 Å². The first-order valence-electron chi connectivity index (χ1n) is 7.65. The SMILES string of the molecule is CC(C)(C)OC(=O)N1CCC(c2cccc(Cl)c2)CC1C(=O)O. The van der Waals surface area contributed by atoms with E-state index in [9.17, 15) is 14.7 Å². The topological polar surface area (TPSA) is 66.8 Å². The summed E-state index contributed by atoms with van der Waals surface area (Å²) in [5, 5.41) is 10.1. The molecule has 5 nitrogen and oxygen atoms in total. The smallest absolute Gasteiger partial charge is 0.411 e. The van der Waals surface area contributed by atoms with Crippen molar-refractivity contribution < 1.29 is 19.4 Å². The minimum atomic E-state index is -1.01. The monoisotopic (exact) mass is 339 g/mol. The average molecular weight is 340 g/mol. The number of carboxylic acid groups (broad SMARTS) is 1.